The van der Waals surface area contributed by atoms with E-state index in [-0.39, 0.29) is 18.0 Å². The Morgan fingerprint density at radius 2 is 2.25 bits per heavy atom. The predicted molar refractivity (Wildman–Crippen MR) is 48.8 cm³/mol. The Morgan fingerprint density at radius 3 is 2.88 bits per heavy atom. The minimum absolute atomic E-state index is 0.272. The summed E-state index contributed by atoms with van der Waals surface area (Å²) in [4.78, 5) is 6.31. The Hall–Kier alpha value is -1.79. The van der Waals surface area contributed by atoms with E-state index < -0.39 is 12.8 Å². The molecule has 1 aromatic heterocycles. The molecule has 0 saturated carbocycles. The molecule has 0 aliphatic carbocycles. The van der Waals surface area contributed by atoms with Crippen LogP contribution in [0.3, 0.4) is 0 Å². The van der Waals surface area contributed by atoms with Gasteiger partial charge in [0.25, 0.3) is 0 Å². The number of hydrogen-bond acceptors (Lipinski definition) is 3. The van der Waals surface area contributed by atoms with Crippen LogP contribution in [0.15, 0.2) is 23.4 Å². The molecule has 0 aromatic carbocycles. The smallest absolute Gasteiger partial charge is 0.366 e. The Labute approximate surface area is 88.5 Å². The van der Waals surface area contributed by atoms with Crippen molar-refractivity contribution in [3.63, 3.8) is 0 Å². The van der Waals surface area contributed by atoms with Crippen molar-refractivity contribution in [2.45, 2.75) is 12.8 Å². The van der Waals surface area contributed by atoms with Gasteiger partial charge in [0.1, 0.15) is 6.61 Å². The molecule has 0 amide bonds. The minimum Gasteiger partial charge on any atom is -0.366 e. The highest BCUT2D eigenvalue weighted by atomic mass is 19.4. The Morgan fingerprint density at radius 1 is 1.50 bits per heavy atom. The van der Waals surface area contributed by atoms with Gasteiger partial charge in [-0.05, 0) is 17.7 Å². The van der Waals surface area contributed by atoms with Crippen molar-refractivity contribution in [1.29, 1.82) is 0 Å². The Kier molecular flexibility index (Phi) is 4.10. The molecule has 0 spiro atoms. The van der Waals surface area contributed by atoms with E-state index >= 15 is 0 Å². The largest absolute Gasteiger partial charge is 0.411 e. The molecule has 1 rings (SSSR count). The van der Waals surface area contributed by atoms with Crippen LogP contribution in [0, 0.1) is 0 Å². The topological polar surface area (TPSA) is 70.9 Å². The number of pyridine rings is 1. The highest BCUT2D eigenvalue weighted by Gasteiger charge is 2.27. The third-order valence-electron chi connectivity index (χ3n) is 1.48. The van der Waals surface area contributed by atoms with Crippen LogP contribution >= 0.6 is 0 Å². The van der Waals surface area contributed by atoms with Crippen LogP contribution in [-0.4, -0.2) is 17.8 Å². The fraction of sp³-hybridized carbons (Fsp3) is 0.375. The van der Waals surface area contributed by atoms with Crippen molar-refractivity contribution >= 4 is 5.69 Å². The number of halogens is 3. The van der Waals surface area contributed by atoms with Crippen molar-refractivity contribution in [1.82, 2.24) is 4.98 Å². The normalized spacial score (nSPS) is 10.9. The van der Waals surface area contributed by atoms with Crippen molar-refractivity contribution in [3.05, 3.63) is 34.5 Å². The first-order valence-electron chi connectivity index (χ1n) is 4.16. The fourth-order valence-electron chi connectivity index (χ4n) is 0.930. The van der Waals surface area contributed by atoms with E-state index in [9.17, 15) is 13.2 Å². The molecule has 0 fully saturated rings. The van der Waals surface area contributed by atoms with Crippen LogP contribution in [0.2, 0.25) is 0 Å². The summed E-state index contributed by atoms with van der Waals surface area (Å²) in [6, 6.07) is 2.79. The lowest BCUT2D eigenvalue weighted by molar-refractivity contribution is -0.176. The zero-order chi connectivity index (χ0) is 12.0. The molecule has 0 aliphatic rings. The zero-order valence-corrected chi connectivity index (χ0v) is 7.98. The molecule has 0 radical (unpaired) electrons. The fourth-order valence-corrected chi connectivity index (χ4v) is 0.930. The van der Waals surface area contributed by atoms with Gasteiger partial charge in [-0.15, -0.1) is 0 Å². The Balaban J connectivity index is 2.54. The van der Waals surface area contributed by atoms with Crippen LogP contribution in [0.1, 0.15) is 5.69 Å². The third-order valence-corrected chi connectivity index (χ3v) is 1.48. The maximum Gasteiger partial charge on any atom is 0.411 e. The molecular formula is C8H7F3N4O. The lowest BCUT2D eigenvalue weighted by atomic mass is 10.3. The van der Waals surface area contributed by atoms with E-state index in [1.165, 1.54) is 18.3 Å². The standard InChI is InChI=1S/C8H7F3N4O/c9-8(10,11)5-16-4-7-3-6(14-15-12)1-2-13-7/h1-3H,4-5H2. The van der Waals surface area contributed by atoms with Gasteiger partial charge in [0.15, 0.2) is 0 Å². The van der Waals surface area contributed by atoms with Gasteiger partial charge in [-0.25, -0.2) is 0 Å². The summed E-state index contributed by atoms with van der Waals surface area (Å²) >= 11 is 0. The second kappa shape index (κ2) is 5.34. The van der Waals surface area contributed by atoms with E-state index in [1.54, 1.807) is 0 Å². The second-order valence-electron chi connectivity index (χ2n) is 2.80. The maximum absolute atomic E-state index is 11.7. The van der Waals surface area contributed by atoms with Crippen molar-refractivity contribution < 1.29 is 17.9 Å². The minimum atomic E-state index is -4.36. The summed E-state index contributed by atoms with van der Waals surface area (Å²) in [7, 11) is 0. The number of rotatable bonds is 4. The van der Waals surface area contributed by atoms with Crippen LogP contribution in [0.25, 0.3) is 10.4 Å². The first kappa shape index (κ1) is 12.3. The lowest BCUT2D eigenvalue weighted by Gasteiger charge is -2.07. The van der Waals surface area contributed by atoms with Crippen LogP contribution in [-0.2, 0) is 11.3 Å². The van der Waals surface area contributed by atoms with Gasteiger partial charge in [0.05, 0.1) is 12.3 Å². The SMILES string of the molecule is [N-]=[N+]=Nc1ccnc(COCC(F)(F)F)c1. The summed E-state index contributed by atoms with van der Waals surface area (Å²) in [5, 5.41) is 3.29. The summed E-state index contributed by atoms with van der Waals surface area (Å²) < 4.78 is 39.6. The van der Waals surface area contributed by atoms with Crippen molar-refractivity contribution in [2.24, 2.45) is 5.11 Å². The first-order valence-corrected chi connectivity index (χ1v) is 4.16. The lowest BCUT2D eigenvalue weighted by Crippen LogP contribution is -2.16. The van der Waals surface area contributed by atoms with Gasteiger partial charge < -0.3 is 4.74 Å². The molecule has 0 unspecified atom stereocenters. The van der Waals surface area contributed by atoms with Gasteiger partial charge in [0, 0.05) is 16.8 Å². The van der Waals surface area contributed by atoms with Crippen LogP contribution in [0.4, 0.5) is 18.9 Å². The van der Waals surface area contributed by atoms with Gasteiger partial charge in [-0.1, -0.05) is 5.11 Å². The van der Waals surface area contributed by atoms with Gasteiger partial charge in [0.2, 0.25) is 0 Å². The molecule has 0 aliphatic heterocycles. The predicted octanol–water partition coefficient (Wildman–Crippen LogP) is 3.10. The highest BCUT2D eigenvalue weighted by Crippen LogP contribution is 2.16. The van der Waals surface area contributed by atoms with E-state index in [1.807, 2.05) is 0 Å². The third kappa shape index (κ3) is 4.63. The molecule has 1 aromatic rings. The molecular weight excluding hydrogens is 225 g/mol. The second-order valence-corrected chi connectivity index (χ2v) is 2.80. The van der Waals surface area contributed by atoms with E-state index in [0.29, 0.717) is 0 Å². The number of alkyl halides is 3. The number of azide groups is 1. The van der Waals surface area contributed by atoms with Gasteiger partial charge in [-0.2, -0.15) is 13.2 Å². The average molecular weight is 232 g/mol. The molecule has 0 saturated heterocycles. The molecule has 0 atom stereocenters. The van der Waals surface area contributed by atoms with E-state index in [2.05, 4.69) is 19.7 Å². The molecule has 16 heavy (non-hydrogen) atoms. The quantitative estimate of drug-likeness (QED) is 0.454. The number of ether oxygens (including phenoxy) is 1. The molecule has 5 nitrogen and oxygen atoms in total. The van der Waals surface area contributed by atoms with Gasteiger partial charge in [-0.3, -0.25) is 4.98 Å². The number of nitrogens with zero attached hydrogens (tertiary/aromatic N) is 4. The summed E-state index contributed by atoms with van der Waals surface area (Å²) in [6.45, 7) is -1.62. The van der Waals surface area contributed by atoms with E-state index in [0.717, 1.165) is 0 Å². The summed E-state index contributed by atoms with van der Waals surface area (Å²) in [6.07, 6.45) is -3.03. The molecule has 1 heterocycles. The molecule has 0 bridgehead atoms. The molecule has 8 heteroatoms. The Bertz CT molecular complexity index is 401. The number of aromatic nitrogens is 1. The zero-order valence-electron chi connectivity index (χ0n) is 7.98. The van der Waals surface area contributed by atoms with E-state index in [4.69, 9.17) is 5.53 Å². The van der Waals surface area contributed by atoms with Gasteiger partial charge >= 0.3 is 6.18 Å². The first-order chi connectivity index (χ1) is 7.51. The summed E-state index contributed by atoms with van der Waals surface area (Å²) in [5.41, 5.74) is 8.70. The maximum atomic E-state index is 11.7. The van der Waals surface area contributed by atoms with Crippen molar-refractivity contribution in [3.8, 4) is 0 Å². The van der Waals surface area contributed by atoms with Crippen LogP contribution in [0.5, 0.6) is 0 Å². The van der Waals surface area contributed by atoms with Crippen LogP contribution < -0.4 is 0 Å². The average Bonchev–Trinajstić information content (AvgIpc) is 2.17. The molecule has 0 N–H and O–H groups in total. The monoisotopic (exact) mass is 232 g/mol. The summed E-state index contributed by atoms with van der Waals surface area (Å²) in [5.74, 6) is 0. The molecule has 86 valence electrons. The number of hydrogen-bond donors (Lipinski definition) is 0. The van der Waals surface area contributed by atoms with Crippen molar-refractivity contribution in [2.75, 3.05) is 6.61 Å². The highest BCUT2D eigenvalue weighted by molar-refractivity contribution is 5.36.